The lowest BCUT2D eigenvalue weighted by Crippen LogP contribution is -2.20. The summed E-state index contributed by atoms with van der Waals surface area (Å²) >= 11 is 0. The third-order valence-corrected chi connectivity index (χ3v) is 4.25. The molecule has 142 valence electrons. The third-order valence-electron chi connectivity index (χ3n) is 4.25. The van der Waals surface area contributed by atoms with Gasteiger partial charge in [0, 0.05) is 16.8 Å². The number of rotatable bonds is 6. The van der Waals surface area contributed by atoms with Crippen LogP contribution in [0, 0.1) is 19.7 Å². The molecular formula is C23H20FNO3. The summed E-state index contributed by atoms with van der Waals surface area (Å²) in [5.74, 6) is -0.386. The molecule has 0 aliphatic heterocycles. The van der Waals surface area contributed by atoms with E-state index in [9.17, 15) is 14.0 Å². The molecule has 0 saturated heterocycles. The van der Waals surface area contributed by atoms with Crippen LogP contribution in [-0.2, 0) is 4.79 Å². The largest absolute Gasteiger partial charge is 0.484 e. The Morgan fingerprint density at radius 3 is 2.11 bits per heavy atom. The van der Waals surface area contributed by atoms with E-state index in [1.54, 1.807) is 24.3 Å². The van der Waals surface area contributed by atoms with Gasteiger partial charge in [-0.3, -0.25) is 9.59 Å². The molecule has 5 heteroatoms. The standard InChI is InChI=1S/C23H20FNO3/c1-15-3-12-21(16(2)13-15)25-22(26)14-28-20-10-6-18(7-11-20)23(27)17-4-8-19(24)9-5-17/h3-13H,14H2,1-2H3,(H,25,26). The van der Waals surface area contributed by atoms with Crippen LogP contribution >= 0.6 is 0 Å². The van der Waals surface area contributed by atoms with E-state index in [0.29, 0.717) is 16.9 Å². The van der Waals surface area contributed by atoms with Crippen molar-refractivity contribution in [2.45, 2.75) is 13.8 Å². The average molecular weight is 377 g/mol. The summed E-state index contributed by atoms with van der Waals surface area (Å²) in [6, 6.07) is 17.7. The molecule has 0 saturated carbocycles. The Balaban J connectivity index is 1.57. The molecule has 0 atom stereocenters. The van der Waals surface area contributed by atoms with Gasteiger partial charge in [0.05, 0.1) is 0 Å². The predicted molar refractivity (Wildman–Crippen MR) is 106 cm³/mol. The smallest absolute Gasteiger partial charge is 0.262 e. The second-order valence-corrected chi connectivity index (χ2v) is 6.52. The molecule has 0 aliphatic rings. The summed E-state index contributed by atoms with van der Waals surface area (Å²) in [6.45, 7) is 3.78. The number of nitrogens with one attached hydrogen (secondary N) is 1. The lowest BCUT2D eigenvalue weighted by molar-refractivity contribution is -0.118. The molecular weight excluding hydrogens is 357 g/mol. The Hall–Kier alpha value is -3.47. The van der Waals surface area contributed by atoms with Crippen LogP contribution < -0.4 is 10.1 Å². The maximum atomic E-state index is 13.0. The molecule has 1 N–H and O–H groups in total. The minimum absolute atomic E-state index is 0.140. The van der Waals surface area contributed by atoms with E-state index in [0.717, 1.165) is 16.8 Å². The maximum absolute atomic E-state index is 13.0. The van der Waals surface area contributed by atoms with Gasteiger partial charge in [-0.2, -0.15) is 0 Å². The molecule has 1 amide bonds. The molecule has 28 heavy (non-hydrogen) atoms. The van der Waals surface area contributed by atoms with Crippen molar-refractivity contribution >= 4 is 17.4 Å². The minimum Gasteiger partial charge on any atom is -0.484 e. The van der Waals surface area contributed by atoms with Crippen molar-refractivity contribution in [3.8, 4) is 5.75 Å². The molecule has 3 rings (SSSR count). The normalized spacial score (nSPS) is 10.4. The van der Waals surface area contributed by atoms with E-state index >= 15 is 0 Å². The zero-order chi connectivity index (χ0) is 20.1. The first kappa shape index (κ1) is 19.3. The average Bonchev–Trinajstić information content (AvgIpc) is 2.69. The van der Waals surface area contributed by atoms with Crippen LogP contribution in [-0.4, -0.2) is 18.3 Å². The van der Waals surface area contributed by atoms with Gasteiger partial charge in [0.25, 0.3) is 5.91 Å². The first-order valence-electron chi connectivity index (χ1n) is 8.82. The second kappa shape index (κ2) is 8.48. The summed E-state index contributed by atoms with van der Waals surface area (Å²) in [4.78, 5) is 24.5. The Morgan fingerprint density at radius 1 is 0.893 bits per heavy atom. The summed E-state index contributed by atoms with van der Waals surface area (Å²) in [5.41, 5.74) is 3.72. The van der Waals surface area contributed by atoms with Crippen molar-refractivity contribution in [1.82, 2.24) is 0 Å². The number of carbonyl (C=O) groups excluding carboxylic acids is 2. The highest BCUT2D eigenvalue weighted by Crippen LogP contribution is 2.18. The van der Waals surface area contributed by atoms with E-state index < -0.39 is 0 Å². The van der Waals surface area contributed by atoms with Crippen molar-refractivity contribution in [2.24, 2.45) is 0 Å². The number of halogens is 1. The van der Waals surface area contributed by atoms with Gasteiger partial charge in [0.2, 0.25) is 0 Å². The van der Waals surface area contributed by atoms with E-state index in [-0.39, 0.29) is 24.1 Å². The molecule has 0 heterocycles. The summed E-state index contributed by atoms with van der Waals surface area (Å²) in [7, 11) is 0. The van der Waals surface area contributed by atoms with Crippen LogP contribution in [0.3, 0.4) is 0 Å². The van der Waals surface area contributed by atoms with E-state index in [2.05, 4.69) is 5.32 Å². The molecule has 0 unspecified atom stereocenters. The molecule has 0 aromatic heterocycles. The number of ether oxygens (including phenoxy) is 1. The van der Waals surface area contributed by atoms with Crippen LogP contribution in [0.1, 0.15) is 27.0 Å². The fourth-order valence-electron chi connectivity index (χ4n) is 2.76. The molecule has 0 spiro atoms. The van der Waals surface area contributed by atoms with Gasteiger partial charge in [-0.1, -0.05) is 17.7 Å². The van der Waals surface area contributed by atoms with Crippen LogP contribution in [0.5, 0.6) is 5.75 Å². The van der Waals surface area contributed by atoms with Gasteiger partial charge in [0.15, 0.2) is 12.4 Å². The molecule has 0 aliphatic carbocycles. The summed E-state index contributed by atoms with van der Waals surface area (Å²) in [5, 5.41) is 2.81. The molecule has 0 radical (unpaired) electrons. The van der Waals surface area contributed by atoms with E-state index in [1.807, 2.05) is 32.0 Å². The lowest BCUT2D eigenvalue weighted by Gasteiger charge is -2.10. The zero-order valence-corrected chi connectivity index (χ0v) is 15.7. The molecule has 0 fully saturated rings. The van der Waals surface area contributed by atoms with E-state index in [4.69, 9.17) is 4.74 Å². The van der Waals surface area contributed by atoms with Crippen LogP contribution in [0.15, 0.2) is 66.7 Å². The van der Waals surface area contributed by atoms with Gasteiger partial charge in [-0.25, -0.2) is 4.39 Å². The highest BCUT2D eigenvalue weighted by Gasteiger charge is 2.10. The van der Waals surface area contributed by atoms with Gasteiger partial charge in [0.1, 0.15) is 11.6 Å². The van der Waals surface area contributed by atoms with Crippen LogP contribution in [0.4, 0.5) is 10.1 Å². The Kier molecular flexibility index (Phi) is 5.84. The lowest BCUT2D eigenvalue weighted by atomic mass is 10.0. The number of carbonyl (C=O) groups is 2. The number of benzene rings is 3. The van der Waals surface area contributed by atoms with Gasteiger partial charge < -0.3 is 10.1 Å². The molecule has 4 nitrogen and oxygen atoms in total. The molecule has 3 aromatic carbocycles. The zero-order valence-electron chi connectivity index (χ0n) is 15.7. The highest BCUT2D eigenvalue weighted by molar-refractivity contribution is 6.09. The number of anilines is 1. The fraction of sp³-hybridized carbons (Fsp3) is 0.130. The molecule has 3 aromatic rings. The van der Waals surface area contributed by atoms with Crippen LogP contribution in [0.25, 0.3) is 0 Å². The Bertz CT molecular complexity index is 995. The first-order valence-corrected chi connectivity index (χ1v) is 8.82. The maximum Gasteiger partial charge on any atom is 0.262 e. The first-order chi connectivity index (χ1) is 13.4. The topological polar surface area (TPSA) is 55.4 Å². The number of aryl methyl sites for hydroxylation is 2. The van der Waals surface area contributed by atoms with Gasteiger partial charge in [-0.05, 0) is 74.0 Å². The van der Waals surface area contributed by atoms with Crippen molar-refractivity contribution in [3.05, 3.63) is 94.8 Å². The number of hydrogen-bond donors (Lipinski definition) is 1. The molecule has 0 bridgehead atoms. The highest BCUT2D eigenvalue weighted by atomic mass is 19.1. The predicted octanol–water partition coefficient (Wildman–Crippen LogP) is 4.69. The number of hydrogen-bond acceptors (Lipinski definition) is 3. The van der Waals surface area contributed by atoms with Crippen molar-refractivity contribution in [3.63, 3.8) is 0 Å². The minimum atomic E-state index is -0.389. The quantitative estimate of drug-likeness (QED) is 0.634. The fourth-order valence-corrected chi connectivity index (χ4v) is 2.76. The van der Waals surface area contributed by atoms with Gasteiger partial charge >= 0.3 is 0 Å². The van der Waals surface area contributed by atoms with E-state index in [1.165, 1.54) is 24.3 Å². The number of ketones is 1. The second-order valence-electron chi connectivity index (χ2n) is 6.52. The SMILES string of the molecule is Cc1ccc(NC(=O)COc2ccc(C(=O)c3ccc(F)cc3)cc2)c(C)c1. The monoisotopic (exact) mass is 377 g/mol. The van der Waals surface area contributed by atoms with Crippen LogP contribution in [0.2, 0.25) is 0 Å². The van der Waals surface area contributed by atoms with Crippen molar-refractivity contribution < 1.29 is 18.7 Å². The Morgan fingerprint density at radius 2 is 1.50 bits per heavy atom. The number of amides is 1. The van der Waals surface area contributed by atoms with Crippen molar-refractivity contribution in [2.75, 3.05) is 11.9 Å². The third kappa shape index (κ3) is 4.82. The summed E-state index contributed by atoms with van der Waals surface area (Å²) < 4.78 is 18.5. The Labute approximate surface area is 163 Å². The summed E-state index contributed by atoms with van der Waals surface area (Å²) in [6.07, 6.45) is 0. The van der Waals surface area contributed by atoms with Crippen molar-refractivity contribution in [1.29, 1.82) is 0 Å². The van der Waals surface area contributed by atoms with Gasteiger partial charge in [-0.15, -0.1) is 0 Å².